The lowest BCUT2D eigenvalue weighted by molar-refractivity contribution is 0.567. The topological polar surface area (TPSA) is 38.1 Å². The van der Waals surface area contributed by atoms with Gasteiger partial charge in [-0.15, -0.1) is 0 Å². The Balaban J connectivity index is 2.05. The molecule has 0 saturated carbocycles. The zero-order chi connectivity index (χ0) is 12.1. The number of aromatic nitrogens is 1. The van der Waals surface area contributed by atoms with E-state index in [1.807, 2.05) is 31.2 Å². The second-order valence-corrected chi connectivity index (χ2v) is 3.99. The fourth-order valence-electron chi connectivity index (χ4n) is 1.39. The Labute approximate surface area is 105 Å². The molecule has 0 aliphatic carbocycles. The first-order chi connectivity index (χ1) is 8.25. The van der Waals surface area contributed by atoms with Crippen LogP contribution in [-0.4, -0.2) is 9.97 Å². The summed E-state index contributed by atoms with van der Waals surface area (Å²) < 4.78 is 4.99. The van der Waals surface area contributed by atoms with E-state index in [-0.39, 0.29) is 0 Å². The maximum Gasteiger partial charge on any atom is 0.112 e. The van der Waals surface area contributed by atoms with Crippen LogP contribution in [0.5, 0.6) is 0 Å². The number of furan rings is 1. The first-order valence-corrected chi connectivity index (χ1v) is 5.58. The molecule has 3 nitrogen and oxygen atoms in total. The van der Waals surface area contributed by atoms with Crippen LogP contribution in [0.15, 0.2) is 53.2 Å². The van der Waals surface area contributed by atoms with E-state index in [0.717, 1.165) is 16.8 Å². The molecule has 0 aliphatic heterocycles. The molecule has 2 heterocycles. The Morgan fingerprint density at radius 3 is 3.00 bits per heavy atom. The molecule has 0 aromatic carbocycles. The van der Waals surface area contributed by atoms with Crippen LogP contribution >= 0.6 is 12.2 Å². The molecule has 0 atom stereocenters. The molecule has 2 aromatic rings. The number of nitrogens with zero attached hydrogens (tertiary/aromatic N) is 1. The average Bonchev–Trinajstić information content (AvgIpc) is 2.82. The highest BCUT2D eigenvalue weighted by Gasteiger charge is 2.00. The molecule has 0 saturated heterocycles. The molecule has 17 heavy (non-hydrogen) atoms. The van der Waals surface area contributed by atoms with Gasteiger partial charge in [-0.05, 0) is 31.2 Å². The molecule has 0 bridgehead atoms. The van der Waals surface area contributed by atoms with Crippen LogP contribution in [0.2, 0.25) is 0 Å². The van der Waals surface area contributed by atoms with E-state index in [9.17, 15) is 0 Å². The van der Waals surface area contributed by atoms with Gasteiger partial charge < -0.3 is 9.73 Å². The summed E-state index contributed by atoms with van der Waals surface area (Å²) in [5.41, 5.74) is 2.87. The van der Waals surface area contributed by atoms with Crippen molar-refractivity contribution in [3.8, 4) is 0 Å². The third kappa shape index (κ3) is 3.26. The molecule has 4 heteroatoms. The first-order valence-electron chi connectivity index (χ1n) is 5.17. The third-order valence-corrected chi connectivity index (χ3v) is 2.50. The molecule has 0 spiro atoms. The van der Waals surface area contributed by atoms with Crippen molar-refractivity contribution in [1.82, 2.24) is 10.3 Å². The van der Waals surface area contributed by atoms with Crippen molar-refractivity contribution in [3.63, 3.8) is 0 Å². The van der Waals surface area contributed by atoms with Gasteiger partial charge in [0.1, 0.15) is 4.99 Å². The number of hydrogen-bond acceptors (Lipinski definition) is 3. The molecular formula is C13H12N2OS. The number of nitrogens with one attached hydrogen (secondary N) is 1. The van der Waals surface area contributed by atoms with Gasteiger partial charge in [-0.25, -0.2) is 0 Å². The van der Waals surface area contributed by atoms with Gasteiger partial charge in [0.2, 0.25) is 0 Å². The molecule has 0 aliphatic rings. The van der Waals surface area contributed by atoms with E-state index >= 15 is 0 Å². The van der Waals surface area contributed by atoms with Gasteiger partial charge in [0.25, 0.3) is 0 Å². The van der Waals surface area contributed by atoms with E-state index in [1.54, 1.807) is 24.9 Å². The lowest BCUT2D eigenvalue weighted by Gasteiger charge is -2.07. The predicted octanol–water partition coefficient (Wildman–Crippen LogP) is 3.00. The minimum atomic E-state index is 0.662. The van der Waals surface area contributed by atoms with Gasteiger partial charge in [-0.2, -0.15) is 0 Å². The number of thiocarbonyl (C=S) groups is 1. The number of pyridine rings is 1. The van der Waals surface area contributed by atoms with Crippen LogP contribution in [0.3, 0.4) is 0 Å². The molecule has 86 valence electrons. The number of hydrogen-bond donors (Lipinski definition) is 1. The SMILES string of the molecule is C/C(=C\c1ccoc1)NC(=S)c1cccnc1. The molecule has 1 N–H and O–H groups in total. The smallest absolute Gasteiger partial charge is 0.112 e. The van der Waals surface area contributed by atoms with Crippen LogP contribution < -0.4 is 5.32 Å². The van der Waals surface area contributed by atoms with Crippen molar-refractivity contribution in [3.05, 3.63) is 59.9 Å². The third-order valence-electron chi connectivity index (χ3n) is 2.16. The summed E-state index contributed by atoms with van der Waals surface area (Å²) in [7, 11) is 0. The Kier molecular flexibility index (Phi) is 3.67. The Morgan fingerprint density at radius 1 is 1.47 bits per heavy atom. The summed E-state index contributed by atoms with van der Waals surface area (Å²) in [5, 5.41) is 3.15. The number of allylic oxidation sites excluding steroid dienone is 1. The second-order valence-electron chi connectivity index (χ2n) is 3.58. The number of rotatable bonds is 3. The summed E-state index contributed by atoms with van der Waals surface area (Å²) in [6.45, 7) is 1.95. The Morgan fingerprint density at radius 2 is 2.35 bits per heavy atom. The van der Waals surface area contributed by atoms with Crippen molar-refractivity contribution >= 4 is 23.3 Å². The van der Waals surface area contributed by atoms with Gasteiger partial charge >= 0.3 is 0 Å². The molecule has 2 aromatic heterocycles. The van der Waals surface area contributed by atoms with E-state index < -0.39 is 0 Å². The van der Waals surface area contributed by atoms with Crippen LogP contribution in [0.25, 0.3) is 6.08 Å². The molecule has 0 amide bonds. The highest BCUT2D eigenvalue weighted by Crippen LogP contribution is 2.06. The Hall–Kier alpha value is -1.94. The second kappa shape index (κ2) is 5.41. The predicted molar refractivity (Wildman–Crippen MR) is 71.4 cm³/mol. The van der Waals surface area contributed by atoms with E-state index in [2.05, 4.69) is 10.3 Å². The van der Waals surface area contributed by atoms with Gasteiger partial charge in [0.15, 0.2) is 0 Å². The van der Waals surface area contributed by atoms with Gasteiger partial charge in [0.05, 0.1) is 12.5 Å². The highest BCUT2D eigenvalue weighted by atomic mass is 32.1. The molecule has 2 rings (SSSR count). The molecule has 0 radical (unpaired) electrons. The zero-order valence-corrected chi connectivity index (χ0v) is 10.2. The van der Waals surface area contributed by atoms with Crippen LogP contribution in [0.4, 0.5) is 0 Å². The van der Waals surface area contributed by atoms with Crippen molar-refractivity contribution in [2.24, 2.45) is 0 Å². The summed E-state index contributed by atoms with van der Waals surface area (Å²) in [4.78, 5) is 4.69. The minimum Gasteiger partial charge on any atom is -0.472 e. The van der Waals surface area contributed by atoms with Crippen molar-refractivity contribution in [2.45, 2.75) is 6.92 Å². The summed E-state index contributed by atoms with van der Waals surface area (Å²) >= 11 is 5.28. The maximum absolute atomic E-state index is 5.28. The van der Waals surface area contributed by atoms with E-state index in [4.69, 9.17) is 16.6 Å². The maximum atomic E-state index is 5.28. The summed E-state index contributed by atoms with van der Waals surface area (Å²) in [6.07, 6.45) is 8.74. The quantitative estimate of drug-likeness (QED) is 0.842. The van der Waals surface area contributed by atoms with Gasteiger partial charge in [0, 0.05) is 29.2 Å². The summed E-state index contributed by atoms with van der Waals surface area (Å²) in [5.74, 6) is 0. The average molecular weight is 244 g/mol. The van der Waals surface area contributed by atoms with E-state index in [0.29, 0.717) is 4.99 Å². The van der Waals surface area contributed by atoms with Crippen LogP contribution in [0, 0.1) is 0 Å². The normalized spacial score (nSPS) is 11.2. The van der Waals surface area contributed by atoms with Crippen molar-refractivity contribution in [2.75, 3.05) is 0 Å². The molecule has 0 unspecified atom stereocenters. The Bertz CT molecular complexity index is 518. The zero-order valence-electron chi connectivity index (χ0n) is 9.38. The minimum absolute atomic E-state index is 0.662. The standard InChI is InChI=1S/C13H12N2OS/c1-10(7-11-4-6-16-9-11)15-13(17)12-3-2-5-14-8-12/h2-9H,1H3,(H,15,17)/b10-7+. The fraction of sp³-hybridized carbons (Fsp3) is 0.0769. The molecular weight excluding hydrogens is 232 g/mol. The monoisotopic (exact) mass is 244 g/mol. The van der Waals surface area contributed by atoms with Crippen LogP contribution in [-0.2, 0) is 0 Å². The highest BCUT2D eigenvalue weighted by molar-refractivity contribution is 7.80. The fourth-order valence-corrected chi connectivity index (χ4v) is 1.67. The lowest BCUT2D eigenvalue weighted by atomic mass is 10.2. The van der Waals surface area contributed by atoms with Gasteiger partial charge in [-0.3, -0.25) is 4.98 Å². The van der Waals surface area contributed by atoms with Crippen LogP contribution in [0.1, 0.15) is 18.1 Å². The summed E-state index contributed by atoms with van der Waals surface area (Å²) in [6, 6.07) is 5.67. The first kappa shape index (κ1) is 11.5. The van der Waals surface area contributed by atoms with Crippen molar-refractivity contribution in [1.29, 1.82) is 0 Å². The molecule has 0 fully saturated rings. The van der Waals surface area contributed by atoms with Crippen molar-refractivity contribution < 1.29 is 4.42 Å². The largest absolute Gasteiger partial charge is 0.472 e. The lowest BCUT2D eigenvalue weighted by Crippen LogP contribution is -2.20. The van der Waals surface area contributed by atoms with E-state index in [1.165, 1.54) is 0 Å². The van der Waals surface area contributed by atoms with Gasteiger partial charge in [-0.1, -0.05) is 12.2 Å².